The van der Waals surface area contributed by atoms with Crippen LogP contribution >= 0.6 is 0 Å². The molecule has 2 rings (SSSR count). The van der Waals surface area contributed by atoms with Gasteiger partial charge >= 0.3 is 5.97 Å². The maximum atomic E-state index is 11.9. The van der Waals surface area contributed by atoms with Crippen molar-refractivity contribution in [1.82, 2.24) is 5.16 Å². The Labute approximate surface area is 115 Å². The molecule has 2 N–H and O–H groups in total. The highest BCUT2D eigenvalue weighted by Crippen LogP contribution is 2.15. The van der Waals surface area contributed by atoms with Crippen LogP contribution < -0.4 is 5.32 Å². The summed E-state index contributed by atoms with van der Waals surface area (Å²) in [5.41, 5.74) is 2.00. The van der Waals surface area contributed by atoms with Crippen molar-refractivity contribution in [2.75, 3.05) is 5.32 Å². The number of carbonyl (C=O) groups excluding carboxylic acids is 1. The third kappa shape index (κ3) is 3.03. The number of anilines is 1. The molecule has 0 aliphatic carbocycles. The monoisotopic (exact) mass is 274 g/mol. The van der Waals surface area contributed by atoms with Crippen LogP contribution in [-0.2, 0) is 11.2 Å². The predicted octanol–water partition coefficient (Wildman–Crippen LogP) is 2.17. The smallest absolute Gasteiger partial charge is 0.335 e. The number of aromatic carboxylic acids is 1. The first-order valence-corrected chi connectivity index (χ1v) is 6.02. The summed E-state index contributed by atoms with van der Waals surface area (Å²) in [4.78, 5) is 22.8. The number of carbonyl (C=O) groups is 2. The lowest BCUT2D eigenvalue weighted by molar-refractivity contribution is -0.115. The number of amides is 1. The summed E-state index contributed by atoms with van der Waals surface area (Å²) < 4.78 is 4.99. The molecular weight excluding hydrogens is 260 g/mol. The molecule has 1 heterocycles. The highest BCUT2D eigenvalue weighted by atomic mass is 16.5. The van der Waals surface area contributed by atoms with E-state index < -0.39 is 5.97 Å². The van der Waals surface area contributed by atoms with Gasteiger partial charge in [0.05, 0.1) is 17.7 Å². The van der Waals surface area contributed by atoms with Gasteiger partial charge in [-0.2, -0.15) is 0 Å². The van der Waals surface area contributed by atoms with Crippen LogP contribution in [0, 0.1) is 13.8 Å². The summed E-state index contributed by atoms with van der Waals surface area (Å²) >= 11 is 0. The Morgan fingerprint density at radius 2 is 2.10 bits per heavy atom. The molecule has 0 atom stereocenters. The summed E-state index contributed by atoms with van der Waals surface area (Å²) in [6.45, 7) is 3.51. The molecule has 0 saturated carbocycles. The summed E-state index contributed by atoms with van der Waals surface area (Å²) in [6, 6.07) is 6.09. The van der Waals surface area contributed by atoms with E-state index in [-0.39, 0.29) is 17.9 Å². The number of hydrogen-bond acceptors (Lipinski definition) is 4. The van der Waals surface area contributed by atoms with Crippen LogP contribution in [-0.4, -0.2) is 22.1 Å². The molecule has 1 aromatic heterocycles. The number of carboxylic acid groups (broad SMARTS) is 1. The third-order valence-corrected chi connectivity index (χ3v) is 2.91. The van der Waals surface area contributed by atoms with Crippen LogP contribution in [0.1, 0.15) is 27.4 Å². The van der Waals surface area contributed by atoms with Gasteiger partial charge in [-0.05, 0) is 32.0 Å². The van der Waals surface area contributed by atoms with E-state index in [0.29, 0.717) is 17.1 Å². The lowest BCUT2D eigenvalue weighted by Gasteiger charge is -2.05. The minimum atomic E-state index is -1.04. The largest absolute Gasteiger partial charge is 0.478 e. The van der Waals surface area contributed by atoms with Crippen molar-refractivity contribution in [1.29, 1.82) is 0 Å². The number of rotatable bonds is 4. The Hall–Kier alpha value is -2.63. The van der Waals surface area contributed by atoms with E-state index in [1.54, 1.807) is 26.0 Å². The van der Waals surface area contributed by atoms with Gasteiger partial charge in [0.1, 0.15) is 5.76 Å². The number of benzene rings is 1. The molecular formula is C14H14N2O4. The van der Waals surface area contributed by atoms with Crippen LogP contribution in [0.3, 0.4) is 0 Å². The zero-order chi connectivity index (χ0) is 14.7. The average Bonchev–Trinajstić information content (AvgIpc) is 2.71. The van der Waals surface area contributed by atoms with E-state index in [0.717, 1.165) is 5.56 Å². The van der Waals surface area contributed by atoms with Gasteiger partial charge in [0.25, 0.3) is 0 Å². The number of hydrogen-bond donors (Lipinski definition) is 2. The molecule has 0 aliphatic heterocycles. The van der Waals surface area contributed by atoms with Crippen LogP contribution in [0.4, 0.5) is 5.69 Å². The highest BCUT2D eigenvalue weighted by molar-refractivity contribution is 5.94. The summed E-state index contributed by atoms with van der Waals surface area (Å²) in [5, 5.41) is 15.3. The second-order valence-electron chi connectivity index (χ2n) is 4.41. The fourth-order valence-corrected chi connectivity index (χ4v) is 1.85. The molecule has 1 aromatic carbocycles. The van der Waals surface area contributed by atoms with E-state index in [1.165, 1.54) is 12.1 Å². The Kier molecular flexibility index (Phi) is 3.84. The molecule has 0 unspecified atom stereocenters. The maximum Gasteiger partial charge on any atom is 0.335 e. The van der Waals surface area contributed by atoms with Crippen LogP contribution in [0.15, 0.2) is 28.8 Å². The van der Waals surface area contributed by atoms with Gasteiger partial charge in [0.2, 0.25) is 5.91 Å². The standard InChI is InChI=1S/C14H14N2O4/c1-8-12(9(2)20-16-8)7-13(17)15-11-5-3-4-10(6-11)14(18)19/h3-6H,7H2,1-2H3,(H,15,17)(H,18,19). The van der Waals surface area contributed by atoms with Gasteiger partial charge < -0.3 is 14.9 Å². The Morgan fingerprint density at radius 1 is 1.35 bits per heavy atom. The van der Waals surface area contributed by atoms with Crippen molar-refractivity contribution in [2.45, 2.75) is 20.3 Å². The van der Waals surface area contributed by atoms with Crippen LogP contribution in [0.25, 0.3) is 0 Å². The number of aromatic nitrogens is 1. The number of nitrogens with one attached hydrogen (secondary N) is 1. The van der Waals surface area contributed by atoms with E-state index in [9.17, 15) is 9.59 Å². The average molecular weight is 274 g/mol. The van der Waals surface area contributed by atoms with E-state index in [2.05, 4.69) is 10.5 Å². The van der Waals surface area contributed by atoms with Crippen molar-refractivity contribution in [3.8, 4) is 0 Å². The SMILES string of the molecule is Cc1noc(C)c1CC(=O)Nc1cccc(C(=O)O)c1. The van der Waals surface area contributed by atoms with Crippen LogP contribution in [0.2, 0.25) is 0 Å². The second-order valence-corrected chi connectivity index (χ2v) is 4.41. The number of carboxylic acids is 1. The zero-order valence-electron chi connectivity index (χ0n) is 11.1. The molecule has 6 heteroatoms. The van der Waals surface area contributed by atoms with Gasteiger partial charge in [-0.1, -0.05) is 11.2 Å². The van der Waals surface area contributed by atoms with Gasteiger partial charge in [0.15, 0.2) is 0 Å². The summed E-state index contributed by atoms with van der Waals surface area (Å²) in [6.07, 6.45) is 0.137. The molecule has 20 heavy (non-hydrogen) atoms. The van der Waals surface area contributed by atoms with Crippen molar-refractivity contribution < 1.29 is 19.2 Å². The van der Waals surface area contributed by atoms with Gasteiger partial charge in [-0.15, -0.1) is 0 Å². The van der Waals surface area contributed by atoms with E-state index >= 15 is 0 Å². The number of aryl methyl sites for hydroxylation is 2. The van der Waals surface area contributed by atoms with Crippen molar-refractivity contribution in [2.24, 2.45) is 0 Å². The van der Waals surface area contributed by atoms with Crippen molar-refractivity contribution in [3.05, 3.63) is 46.8 Å². The second kappa shape index (κ2) is 5.56. The number of nitrogens with zero attached hydrogens (tertiary/aromatic N) is 1. The third-order valence-electron chi connectivity index (χ3n) is 2.91. The predicted molar refractivity (Wildman–Crippen MR) is 71.7 cm³/mol. The minimum Gasteiger partial charge on any atom is -0.478 e. The normalized spacial score (nSPS) is 10.3. The summed E-state index contributed by atoms with van der Waals surface area (Å²) in [7, 11) is 0. The molecule has 0 saturated heterocycles. The fraction of sp³-hybridized carbons (Fsp3) is 0.214. The molecule has 0 radical (unpaired) electrons. The minimum absolute atomic E-state index is 0.125. The Morgan fingerprint density at radius 3 is 2.70 bits per heavy atom. The Bertz CT molecular complexity index is 641. The zero-order valence-corrected chi connectivity index (χ0v) is 11.1. The Balaban J connectivity index is 2.09. The highest BCUT2D eigenvalue weighted by Gasteiger charge is 2.14. The van der Waals surface area contributed by atoms with Gasteiger partial charge in [0, 0.05) is 11.3 Å². The maximum absolute atomic E-state index is 11.9. The molecule has 2 aromatic rings. The van der Waals surface area contributed by atoms with Crippen LogP contribution in [0.5, 0.6) is 0 Å². The first-order valence-electron chi connectivity index (χ1n) is 6.02. The lowest BCUT2D eigenvalue weighted by Crippen LogP contribution is -2.15. The molecule has 1 amide bonds. The topological polar surface area (TPSA) is 92.4 Å². The van der Waals surface area contributed by atoms with E-state index in [1.807, 2.05) is 0 Å². The molecule has 104 valence electrons. The van der Waals surface area contributed by atoms with Crippen molar-refractivity contribution in [3.63, 3.8) is 0 Å². The quantitative estimate of drug-likeness (QED) is 0.891. The molecule has 0 fully saturated rings. The van der Waals surface area contributed by atoms with Gasteiger partial charge in [-0.3, -0.25) is 4.79 Å². The molecule has 0 bridgehead atoms. The lowest BCUT2D eigenvalue weighted by atomic mass is 10.1. The fourth-order valence-electron chi connectivity index (χ4n) is 1.85. The van der Waals surface area contributed by atoms with Gasteiger partial charge in [-0.25, -0.2) is 4.79 Å². The first kappa shape index (κ1) is 13.8. The van der Waals surface area contributed by atoms with E-state index in [4.69, 9.17) is 9.63 Å². The summed E-state index contributed by atoms with van der Waals surface area (Å²) in [5.74, 6) is -0.675. The first-order chi connectivity index (χ1) is 9.47. The molecule has 0 aliphatic rings. The molecule has 6 nitrogen and oxygen atoms in total. The molecule has 0 spiro atoms. The van der Waals surface area contributed by atoms with Crippen molar-refractivity contribution >= 4 is 17.6 Å².